The molecule has 1 aliphatic heterocycles. The molecule has 1 N–H and O–H groups in total. The van der Waals surface area contributed by atoms with Crippen molar-refractivity contribution in [1.29, 1.82) is 0 Å². The van der Waals surface area contributed by atoms with Gasteiger partial charge in [0.2, 0.25) is 0 Å². The first-order valence-corrected chi connectivity index (χ1v) is 8.23. The third kappa shape index (κ3) is 4.84. The molecule has 4 nitrogen and oxygen atoms in total. The summed E-state index contributed by atoms with van der Waals surface area (Å²) in [6.07, 6.45) is -0.133. The molecule has 0 saturated carbocycles. The van der Waals surface area contributed by atoms with E-state index >= 15 is 0 Å². The van der Waals surface area contributed by atoms with Crippen LogP contribution in [0.5, 0.6) is 0 Å². The summed E-state index contributed by atoms with van der Waals surface area (Å²) in [7, 11) is 0. The van der Waals surface area contributed by atoms with E-state index in [-0.39, 0.29) is 11.7 Å². The summed E-state index contributed by atoms with van der Waals surface area (Å²) >= 11 is 0. The van der Waals surface area contributed by atoms with Crippen molar-refractivity contribution in [2.45, 2.75) is 12.6 Å². The van der Waals surface area contributed by atoms with E-state index in [1.165, 1.54) is 11.6 Å². The standard InChI is InChI=1S/C19H20F2N2O2/c20-17-7-6-15(10-18(17)21)19(24)22-11-16-13-23(8-9-25-16)12-14-4-2-1-3-5-14/h1-7,10,16H,8-9,11-13H2,(H,22,24)/t16-/m0/s1. The molecule has 1 saturated heterocycles. The van der Waals surface area contributed by atoms with E-state index in [1.54, 1.807) is 0 Å². The van der Waals surface area contributed by atoms with Crippen LogP contribution in [0.25, 0.3) is 0 Å². The Hall–Kier alpha value is -2.31. The van der Waals surface area contributed by atoms with Crippen molar-refractivity contribution < 1.29 is 18.3 Å². The lowest BCUT2D eigenvalue weighted by Gasteiger charge is -2.33. The van der Waals surface area contributed by atoms with Crippen LogP contribution in [-0.4, -0.2) is 43.2 Å². The summed E-state index contributed by atoms with van der Waals surface area (Å²) in [5.74, 6) is -2.44. The summed E-state index contributed by atoms with van der Waals surface area (Å²) in [6, 6.07) is 13.3. The molecule has 0 aliphatic carbocycles. The third-order valence-corrected chi connectivity index (χ3v) is 4.14. The van der Waals surface area contributed by atoms with E-state index in [1.807, 2.05) is 18.2 Å². The van der Waals surface area contributed by atoms with Crippen LogP contribution in [0.3, 0.4) is 0 Å². The molecule has 2 aromatic rings. The highest BCUT2D eigenvalue weighted by atomic mass is 19.2. The monoisotopic (exact) mass is 346 g/mol. The molecular formula is C19H20F2N2O2. The highest BCUT2D eigenvalue weighted by molar-refractivity contribution is 5.94. The maximum atomic E-state index is 13.2. The maximum absolute atomic E-state index is 13.2. The molecule has 0 unspecified atom stereocenters. The van der Waals surface area contributed by atoms with Gasteiger partial charge < -0.3 is 10.1 Å². The second-order valence-electron chi connectivity index (χ2n) is 6.05. The molecule has 3 rings (SSSR count). The number of morpholine rings is 1. The zero-order valence-electron chi connectivity index (χ0n) is 13.8. The molecule has 6 heteroatoms. The normalized spacial score (nSPS) is 18.1. The van der Waals surface area contributed by atoms with E-state index < -0.39 is 17.5 Å². The number of halogens is 2. The van der Waals surface area contributed by atoms with Gasteiger partial charge in [-0.3, -0.25) is 9.69 Å². The highest BCUT2D eigenvalue weighted by Gasteiger charge is 2.21. The lowest BCUT2D eigenvalue weighted by atomic mass is 10.1. The molecule has 0 spiro atoms. The van der Waals surface area contributed by atoms with Gasteiger partial charge in [0, 0.05) is 31.7 Å². The minimum absolute atomic E-state index is 0.0934. The van der Waals surface area contributed by atoms with Crippen molar-refractivity contribution in [2.75, 3.05) is 26.2 Å². The first-order valence-electron chi connectivity index (χ1n) is 8.23. The first kappa shape index (κ1) is 17.5. The zero-order valence-corrected chi connectivity index (χ0v) is 13.8. The number of amides is 1. The van der Waals surface area contributed by atoms with E-state index in [0.717, 1.165) is 25.2 Å². The van der Waals surface area contributed by atoms with Crippen LogP contribution >= 0.6 is 0 Å². The SMILES string of the molecule is O=C(NC[C@H]1CN(Cc2ccccc2)CCO1)c1ccc(F)c(F)c1. The highest BCUT2D eigenvalue weighted by Crippen LogP contribution is 2.11. The average Bonchev–Trinajstić information content (AvgIpc) is 2.63. The average molecular weight is 346 g/mol. The van der Waals surface area contributed by atoms with Crippen molar-refractivity contribution in [3.8, 4) is 0 Å². The van der Waals surface area contributed by atoms with Gasteiger partial charge >= 0.3 is 0 Å². The van der Waals surface area contributed by atoms with E-state index in [4.69, 9.17) is 4.74 Å². The van der Waals surface area contributed by atoms with Gasteiger partial charge in [-0.25, -0.2) is 8.78 Å². The van der Waals surface area contributed by atoms with Crippen LogP contribution in [-0.2, 0) is 11.3 Å². The molecule has 1 atom stereocenters. The minimum Gasteiger partial charge on any atom is -0.374 e. The number of nitrogens with one attached hydrogen (secondary N) is 1. The summed E-state index contributed by atoms with van der Waals surface area (Å²) in [4.78, 5) is 14.3. The molecule has 1 aliphatic rings. The van der Waals surface area contributed by atoms with Gasteiger partial charge in [-0.1, -0.05) is 30.3 Å². The minimum atomic E-state index is -1.03. The molecule has 0 aromatic heterocycles. The number of ether oxygens (including phenoxy) is 1. The predicted molar refractivity (Wildman–Crippen MR) is 90.2 cm³/mol. The first-order chi connectivity index (χ1) is 12.1. The fourth-order valence-corrected chi connectivity index (χ4v) is 2.84. The van der Waals surface area contributed by atoms with Crippen molar-refractivity contribution in [2.24, 2.45) is 0 Å². The van der Waals surface area contributed by atoms with Crippen molar-refractivity contribution >= 4 is 5.91 Å². The molecule has 1 heterocycles. The van der Waals surface area contributed by atoms with E-state index in [9.17, 15) is 13.6 Å². The van der Waals surface area contributed by atoms with E-state index in [0.29, 0.717) is 19.7 Å². The van der Waals surface area contributed by atoms with Crippen LogP contribution in [0.4, 0.5) is 8.78 Å². The van der Waals surface area contributed by atoms with Crippen LogP contribution in [0, 0.1) is 11.6 Å². The summed E-state index contributed by atoms with van der Waals surface area (Å²) in [5, 5.41) is 2.72. The van der Waals surface area contributed by atoms with Gasteiger partial charge in [0.25, 0.3) is 5.91 Å². The number of benzene rings is 2. The number of hydrogen-bond acceptors (Lipinski definition) is 3. The molecule has 2 aromatic carbocycles. The number of rotatable bonds is 5. The maximum Gasteiger partial charge on any atom is 0.251 e. The fourth-order valence-electron chi connectivity index (χ4n) is 2.84. The van der Waals surface area contributed by atoms with Gasteiger partial charge in [-0.05, 0) is 23.8 Å². The Balaban J connectivity index is 1.50. The zero-order chi connectivity index (χ0) is 17.6. The second-order valence-corrected chi connectivity index (χ2v) is 6.05. The Morgan fingerprint density at radius 2 is 1.96 bits per heavy atom. The Labute approximate surface area is 145 Å². The quantitative estimate of drug-likeness (QED) is 0.905. The molecule has 25 heavy (non-hydrogen) atoms. The predicted octanol–water partition coefficient (Wildman–Crippen LogP) is 2.60. The summed E-state index contributed by atoms with van der Waals surface area (Å²) in [5.41, 5.74) is 1.32. The van der Waals surface area contributed by atoms with Gasteiger partial charge in [-0.2, -0.15) is 0 Å². The van der Waals surface area contributed by atoms with Gasteiger partial charge in [0.05, 0.1) is 12.7 Å². The third-order valence-electron chi connectivity index (χ3n) is 4.14. The Kier molecular flexibility index (Phi) is 5.73. The van der Waals surface area contributed by atoms with Crippen molar-refractivity contribution in [1.82, 2.24) is 10.2 Å². The Bertz CT molecular complexity index is 725. The summed E-state index contributed by atoms with van der Waals surface area (Å²) in [6.45, 7) is 3.29. The topological polar surface area (TPSA) is 41.6 Å². The molecule has 1 amide bonds. The fraction of sp³-hybridized carbons (Fsp3) is 0.316. The van der Waals surface area contributed by atoms with Crippen LogP contribution in [0.15, 0.2) is 48.5 Å². The Morgan fingerprint density at radius 1 is 1.16 bits per heavy atom. The number of carbonyl (C=O) groups is 1. The Morgan fingerprint density at radius 3 is 2.72 bits per heavy atom. The van der Waals surface area contributed by atoms with Crippen molar-refractivity contribution in [3.05, 3.63) is 71.3 Å². The molecule has 0 bridgehead atoms. The molecule has 1 fully saturated rings. The lowest BCUT2D eigenvalue weighted by molar-refractivity contribution is -0.0292. The summed E-state index contributed by atoms with van der Waals surface area (Å²) < 4.78 is 31.8. The van der Waals surface area contributed by atoms with Gasteiger partial charge in [-0.15, -0.1) is 0 Å². The van der Waals surface area contributed by atoms with Gasteiger partial charge in [0.1, 0.15) is 0 Å². The molecule has 0 radical (unpaired) electrons. The number of hydrogen-bond donors (Lipinski definition) is 1. The van der Waals surface area contributed by atoms with Crippen LogP contribution < -0.4 is 5.32 Å². The lowest BCUT2D eigenvalue weighted by Crippen LogP contribution is -2.47. The second kappa shape index (κ2) is 8.18. The van der Waals surface area contributed by atoms with E-state index in [2.05, 4.69) is 22.3 Å². The van der Waals surface area contributed by atoms with Crippen LogP contribution in [0.1, 0.15) is 15.9 Å². The van der Waals surface area contributed by atoms with Crippen molar-refractivity contribution in [3.63, 3.8) is 0 Å². The van der Waals surface area contributed by atoms with Crippen LogP contribution in [0.2, 0.25) is 0 Å². The molecule has 132 valence electrons. The number of carbonyl (C=O) groups excluding carboxylic acids is 1. The largest absolute Gasteiger partial charge is 0.374 e. The smallest absolute Gasteiger partial charge is 0.251 e. The number of nitrogens with zero attached hydrogens (tertiary/aromatic N) is 1. The molecular weight excluding hydrogens is 326 g/mol. The van der Waals surface area contributed by atoms with Gasteiger partial charge in [0.15, 0.2) is 11.6 Å².